The number of fused-ring (bicyclic) bond motifs is 2. The summed E-state index contributed by atoms with van der Waals surface area (Å²) in [7, 11) is -9.01. The Kier molecular flexibility index (Phi) is 6.20. The van der Waals surface area contributed by atoms with Gasteiger partial charge in [0.15, 0.2) is 0 Å². The Bertz CT molecular complexity index is 1800. The second-order valence-electron chi connectivity index (χ2n) is 6.80. The maximum Gasteiger partial charge on any atom is 0.295 e. The first-order valence-corrected chi connectivity index (χ1v) is 12.3. The molecule has 2 aromatic heterocycles. The number of pyridine rings is 2. The Morgan fingerprint density at radius 3 is 2.03 bits per heavy atom. The molecule has 0 fully saturated rings. The number of para-hydroxylation sites is 2. The molecule has 2 aromatic carbocycles. The van der Waals surface area contributed by atoms with Gasteiger partial charge in [-0.05, 0) is 24.3 Å². The molecule has 3 N–H and O–H groups in total. The van der Waals surface area contributed by atoms with Gasteiger partial charge in [-0.2, -0.15) is 22.1 Å². The second-order valence-corrected chi connectivity index (χ2v) is 9.58. The molecule has 0 saturated heterocycles. The number of hydrogen-bond donors (Lipinski definition) is 3. The topological polar surface area (TPSA) is 207 Å². The number of hydrogen-bond acceptors (Lipinski definition) is 10. The largest absolute Gasteiger partial charge is 0.295 e. The van der Waals surface area contributed by atoms with Crippen molar-refractivity contribution >= 4 is 59.3 Å². The highest BCUT2D eigenvalue weighted by atomic mass is 32.2. The monoisotopic (exact) mass is 511 g/mol. The van der Waals surface area contributed by atoms with Gasteiger partial charge in [0.1, 0.15) is 21.5 Å². The lowest BCUT2D eigenvalue weighted by Gasteiger charge is -2.07. The Morgan fingerprint density at radius 2 is 1.43 bits per heavy atom. The van der Waals surface area contributed by atoms with Crippen LogP contribution in [0.1, 0.15) is 0 Å². The van der Waals surface area contributed by atoms with Gasteiger partial charge in [-0.1, -0.05) is 24.3 Å². The Morgan fingerprint density at radius 1 is 0.857 bits per heavy atom. The second kappa shape index (κ2) is 9.12. The molecule has 0 unspecified atom stereocenters. The molecule has 13 nitrogen and oxygen atoms in total. The summed E-state index contributed by atoms with van der Waals surface area (Å²) in [6, 6.07) is 12.8. The molecule has 0 radical (unpaired) electrons. The fourth-order valence-electron chi connectivity index (χ4n) is 3.19. The fourth-order valence-corrected chi connectivity index (χ4v) is 4.54. The number of nitrogens with one attached hydrogen (secondary N) is 1. The number of anilines is 1. The molecule has 0 aliphatic heterocycles. The molecule has 4 rings (SSSR count). The zero-order chi connectivity index (χ0) is 25.2. The summed E-state index contributed by atoms with van der Waals surface area (Å²) in [6.07, 6.45) is 2.37. The Labute approximate surface area is 198 Å². The van der Waals surface area contributed by atoms with Gasteiger partial charge in [-0.3, -0.25) is 24.5 Å². The maximum absolute atomic E-state index is 11.6. The number of amidine groups is 1. The van der Waals surface area contributed by atoms with Crippen molar-refractivity contribution in [3.63, 3.8) is 0 Å². The van der Waals surface area contributed by atoms with E-state index in [9.17, 15) is 31.2 Å². The number of azo groups is 1. The number of benzene rings is 2. The summed E-state index contributed by atoms with van der Waals surface area (Å²) in [6.45, 7) is 0. The van der Waals surface area contributed by atoms with Gasteiger partial charge in [0.25, 0.3) is 26.1 Å². The zero-order valence-electron chi connectivity index (χ0n) is 17.3. The molecular weight excluding hydrogens is 498 g/mol. The molecule has 0 spiro atoms. The Balaban J connectivity index is 1.69. The van der Waals surface area contributed by atoms with E-state index in [4.69, 9.17) is 0 Å². The van der Waals surface area contributed by atoms with Gasteiger partial charge in [-0.25, -0.2) is 0 Å². The summed E-state index contributed by atoms with van der Waals surface area (Å²) in [4.78, 5) is 7.46. The first kappa shape index (κ1) is 23.8. The standard InChI is InChI=1S/C20H13N7O6S2/c21-11-18(26-24-14-5-1-3-12-16(34(28,29)30)7-9-22-19(12)14)27-25-15-6-2-4-13-17(35(31,32)33)8-10-23-20(13)15/h1-10,24H,(H,28,29,30)(H,31,32,33)/b26-18+,27-25?. The van der Waals surface area contributed by atoms with Crippen LogP contribution in [0.2, 0.25) is 0 Å². The van der Waals surface area contributed by atoms with Crippen molar-refractivity contribution in [1.29, 1.82) is 5.26 Å². The first-order valence-electron chi connectivity index (χ1n) is 9.45. The number of aromatic nitrogens is 2. The summed E-state index contributed by atoms with van der Waals surface area (Å²) < 4.78 is 65.3. The highest BCUT2D eigenvalue weighted by Crippen LogP contribution is 2.29. The minimum atomic E-state index is -4.51. The van der Waals surface area contributed by atoms with E-state index in [0.717, 1.165) is 12.1 Å². The highest BCUT2D eigenvalue weighted by Gasteiger charge is 2.17. The van der Waals surface area contributed by atoms with Crippen LogP contribution in [-0.2, 0) is 20.2 Å². The molecule has 0 aliphatic rings. The van der Waals surface area contributed by atoms with E-state index in [-0.39, 0.29) is 43.0 Å². The lowest BCUT2D eigenvalue weighted by Crippen LogP contribution is -2.02. The van der Waals surface area contributed by atoms with Crippen molar-refractivity contribution < 1.29 is 25.9 Å². The molecule has 4 aromatic rings. The van der Waals surface area contributed by atoms with Crippen LogP contribution in [0.5, 0.6) is 0 Å². The van der Waals surface area contributed by atoms with Gasteiger partial charge < -0.3 is 0 Å². The van der Waals surface area contributed by atoms with Gasteiger partial charge in [0.2, 0.25) is 0 Å². The molecule has 0 bridgehead atoms. The van der Waals surface area contributed by atoms with Crippen molar-refractivity contribution in [2.75, 3.05) is 5.43 Å². The van der Waals surface area contributed by atoms with E-state index in [1.807, 2.05) is 0 Å². The lowest BCUT2D eigenvalue weighted by molar-refractivity contribution is 0.482. The normalized spacial score (nSPS) is 12.8. The summed E-state index contributed by atoms with van der Waals surface area (Å²) >= 11 is 0. The smallest absolute Gasteiger partial charge is 0.282 e. The molecule has 35 heavy (non-hydrogen) atoms. The summed E-state index contributed by atoms with van der Waals surface area (Å²) in [5.74, 6) is -0.434. The van der Waals surface area contributed by atoms with Crippen LogP contribution in [0.4, 0.5) is 11.4 Å². The minimum Gasteiger partial charge on any atom is -0.282 e. The minimum absolute atomic E-state index is 0.108. The van der Waals surface area contributed by atoms with Crippen LogP contribution < -0.4 is 5.43 Å². The molecule has 2 heterocycles. The van der Waals surface area contributed by atoms with E-state index in [2.05, 4.69) is 30.7 Å². The molecule has 176 valence electrons. The van der Waals surface area contributed by atoms with Crippen LogP contribution in [0.25, 0.3) is 21.8 Å². The summed E-state index contributed by atoms with van der Waals surface area (Å²) in [5.41, 5.74) is 3.18. The van der Waals surface area contributed by atoms with Crippen molar-refractivity contribution in [1.82, 2.24) is 9.97 Å². The average molecular weight is 512 g/mol. The van der Waals surface area contributed by atoms with Gasteiger partial charge in [-0.15, -0.1) is 15.3 Å². The number of rotatable bonds is 5. The maximum atomic E-state index is 11.6. The predicted molar refractivity (Wildman–Crippen MR) is 124 cm³/mol. The summed E-state index contributed by atoms with van der Waals surface area (Å²) in [5, 5.41) is 21.1. The van der Waals surface area contributed by atoms with Crippen molar-refractivity contribution in [3.05, 3.63) is 60.9 Å². The molecule has 0 saturated carbocycles. The van der Waals surface area contributed by atoms with Crippen LogP contribution in [0, 0.1) is 11.3 Å². The van der Waals surface area contributed by atoms with Crippen molar-refractivity contribution in [2.45, 2.75) is 9.79 Å². The van der Waals surface area contributed by atoms with Crippen molar-refractivity contribution in [3.8, 4) is 6.07 Å². The lowest BCUT2D eigenvalue weighted by atomic mass is 10.2. The van der Waals surface area contributed by atoms with Gasteiger partial charge >= 0.3 is 0 Å². The van der Waals surface area contributed by atoms with Gasteiger partial charge in [0.05, 0.1) is 16.7 Å². The van der Waals surface area contributed by atoms with E-state index in [1.165, 1.54) is 48.8 Å². The Hall–Kier alpha value is -4.36. The van der Waals surface area contributed by atoms with Gasteiger partial charge in [0, 0.05) is 23.2 Å². The number of nitrogens with zero attached hydrogens (tertiary/aromatic N) is 6. The van der Waals surface area contributed by atoms with Crippen LogP contribution in [-0.4, -0.2) is 41.7 Å². The number of hydrazone groups is 1. The zero-order valence-corrected chi connectivity index (χ0v) is 18.9. The SMILES string of the molecule is N#C/C(N=Nc1cccc2c(S(=O)(=O)O)ccnc12)=N\Nc1cccc2c(S(=O)(=O)O)ccnc12. The predicted octanol–water partition coefficient (Wildman–Crippen LogP) is 3.31. The molecule has 15 heteroatoms. The number of nitriles is 1. The van der Waals surface area contributed by atoms with E-state index in [1.54, 1.807) is 6.07 Å². The van der Waals surface area contributed by atoms with Crippen LogP contribution in [0.3, 0.4) is 0 Å². The van der Waals surface area contributed by atoms with Crippen molar-refractivity contribution in [2.24, 2.45) is 15.3 Å². The van der Waals surface area contributed by atoms with E-state index >= 15 is 0 Å². The highest BCUT2D eigenvalue weighted by molar-refractivity contribution is 7.86. The quantitative estimate of drug-likeness (QED) is 0.117. The van der Waals surface area contributed by atoms with E-state index < -0.39 is 26.1 Å². The molecular formula is C20H13N7O6S2. The fraction of sp³-hybridized carbons (Fsp3) is 0. The molecule has 0 aliphatic carbocycles. The van der Waals surface area contributed by atoms with E-state index in [0.29, 0.717) is 0 Å². The van der Waals surface area contributed by atoms with Crippen LogP contribution in [0.15, 0.2) is 86.0 Å². The first-order chi connectivity index (χ1) is 16.6. The third-order valence-electron chi connectivity index (χ3n) is 4.63. The van der Waals surface area contributed by atoms with Crippen LogP contribution >= 0.6 is 0 Å². The molecule has 0 atom stereocenters. The molecule has 0 amide bonds. The third kappa shape index (κ3) is 4.95. The third-order valence-corrected chi connectivity index (χ3v) is 6.45. The average Bonchev–Trinajstić information content (AvgIpc) is 2.82.